The van der Waals surface area contributed by atoms with Crippen LogP contribution in [0.3, 0.4) is 0 Å². The molecule has 0 fully saturated rings. The van der Waals surface area contributed by atoms with Crippen molar-refractivity contribution in [3.8, 4) is 11.4 Å². The van der Waals surface area contributed by atoms with Gasteiger partial charge < -0.3 is 10.3 Å². The van der Waals surface area contributed by atoms with Gasteiger partial charge in [0.25, 0.3) is 0 Å². The van der Waals surface area contributed by atoms with Crippen LogP contribution in [0.25, 0.3) is 22.3 Å². The van der Waals surface area contributed by atoms with E-state index in [0.717, 1.165) is 47.1 Å². The van der Waals surface area contributed by atoms with Gasteiger partial charge in [0.15, 0.2) is 0 Å². The normalized spacial score (nSPS) is 11.9. The number of aryl methyl sites for hydroxylation is 1. The van der Waals surface area contributed by atoms with Gasteiger partial charge in [0.05, 0.1) is 17.5 Å². The van der Waals surface area contributed by atoms with Crippen LogP contribution in [-0.2, 0) is 19.0 Å². The first-order valence-electron chi connectivity index (χ1n) is 9.51. The van der Waals surface area contributed by atoms with Crippen LogP contribution < -0.4 is 5.73 Å². The Morgan fingerprint density at radius 3 is 2.47 bits per heavy atom. The molecule has 0 atom stereocenters. The summed E-state index contributed by atoms with van der Waals surface area (Å²) >= 11 is 0. The summed E-state index contributed by atoms with van der Waals surface area (Å²) in [7, 11) is 0. The van der Waals surface area contributed by atoms with Crippen LogP contribution in [0.5, 0.6) is 0 Å². The Hall–Kier alpha value is -3.42. The first-order valence-corrected chi connectivity index (χ1v) is 9.51. The van der Waals surface area contributed by atoms with Crippen LogP contribution in [-0.4, -0.2) is 15.1 Å². The number of fused-ring (bicyclic) bond motifs is 1. The van der Waals surface area contributed by atoms with Crippen molar-refractivity contribution < 1.29 is 17.7 Å². The second-order valence-electron chi connectivity index (χ2n) is 7.07. The molecule has 30 heavy (non-hydrogen) atoms. The number of anilines is 1. The molecule has 0 bridgehead atoms. The van der Waals surface area contributed by atoms with Crippen molar-refractivity contribution in [3.05, 3.63) is 71.2 Å². The lowest BCUT2D eigenvalue weighted by molar-refractivity contribution is -0.137. The summed E-state index contributed by atoms with van der Waals surface area (Å²) in [6, 6.07) is 12.3. The van der Waals surface area contributed by atoms with Crippen LogP contribution in [0.1, 0.15) is 36.1 Å². The van der Waals surface area contributed by atoms with E-state index in [1.165, 1.54) is 12.1 Å². The molecular weight excluding hydrogens is 393 g/mol. The van der Waals surface area contributed by atoms with Gasteiger partial charge in [-0.15, -0.1) is 0 Å². The molecule has 0 aliphatic heterocycles. The van der Waals surface area contributed by atoms with E-state index in [1.54, 1.807) is 0 Å². The van der Waals surface area contributed by atoms with Crippen molar-refractivity contribution in [1.82, 2.24) is 15.1 Å². The summed E-state index contributed by atoms with van der Waals surface area (Å²) in [5, 5.41) is 4.80. The monoisotopic (exact) mass is 412 g/mol. The lowest BCUT2D eigenvalue weighted by Gasteiger charge is -2.06. The molecule has 2 aromatic carbocycles. The van der Waals surface area contributed by atoms with Crippen molar-refractivity contribution in [2.45, 2.75) is 32.4 Å². The molecule has 0 aliphatic carbocycles. The maximum atomic E-state index is 12.7. The highest BCUT2D eigenvalue weighted by Gasteiger charge is 2.30. The van der Waals surface area contributed by atoms with Crippen LogP contribution in [0.15, 0.2) is 53.1 Å². The van der Waals surface area contributed by atoms with Gasteiger partial charge in [0.2, 0.25) is 11.7 Å². The van der Waals surface area contributed by atoms with Crippen molar-refractivity contribution in [1.29, 1.82) is 0 Å². The molecule has 0 saturated heterocycles. The third-order valence-electron chi connectivity index (χ3n) is 4.76. The van der Waals surface area contributed by atoms with Crippen LogP contribution in [0, 0.1) is 0 Å². The molecule has 2 N–H and O–H groups in total. The summed E-state index contributed by atoms with van der Waals surface area (Å²) in [6.45, 7) is 2.09. The van der Waals surface area contributed by atoms with E-state index in [9.17, 15) is 13.2 Å². The molecule has 0 radical (unpaired) electrons. The molecule has 0 aliphatic rings. The number of alkyl halides is 3. The van der Waals surface area contributed by atoms with Crippen molar-refractivity contribution >= 4 is 16.6 Å². The van der Waals surface area contributed by atoms with Crippen LogP contribution in [0.2, 0.25) is 0 Å². The summed E-state index contributed by atoms with van der Waals surface area (Å²) in [6.07, 6.45) is -2.27. The molecule has 0 amide bonds. The molecular formula is C22H19F3N4O. The molecule has 2 heterocycles. The Labute approximate surface area is 170 Å². The van der Waals surface area contributed by atoms with E-state index in [0.29, 0.717) is 23.0 Å². The van der Waals surface area contributed by atoms with E-state index < -0.39 is 11.7 Å². The first kappa shape index (κ1) is 19.9. The van der Waals surface area contributed by atoms with E-state index in [1.807, 2.05) is 24.3 Å². The van der Waals surface area contributed by atoms with Crippen molar-refractivity contribution in [3.63, 3.8) is 0 Å². The number of aromatic nitrogens is 3. The Morgan fingerprint density at radius 2 is 1.77 bits per heavy atom. The summed E-state index contributed by atoms with van der Waals surface area (Å²) in [5.74, 6) is 0.699. The molecule has 8 heteroatoms. The van der Waals surface area contributed by atoms with Gasteiger partial charge in [-0.05, 0) is 48.4 Å². The number of rotatable bonds is 5. The van der Waals surface area contributed by atoms with Crippen LogP contribution >= 0.6 is 0 Å². The average Bonchev–Trinajstić information content (AvgIpc) is 3.16. The summed E-state index contributed by atoms with van der Waals surface area (Å²) in [5.41, 5.74) is 9.27. The number of hydrogen-bond acceptors (Lipinski definition) is 5. The number of nitrogens with two attached hydrogens (primary N) is 1. The zero-order valence-electron chi connectivity index (χ0n) is 16.2. The van der Waals surface area contributed by atoms with Gasteiger partial charge in [-0.2, -0.15) is 18.2 Å². The van der Waals surface area contributed by atoms with Crippen molar-refractivity contribution in [2.24, 2.45) is 0 Å². The fourth-order valence-corrected chi connectivity index (χ4v) is 3.26. The fourth-order valence-electron chi connectivity index (χ4n) is 3.26. The van der Waals surface area contributed by atoms with Gasteiger partial charge in [0, 0.05) is 22.3 Å². The number of hydrogen-bond donors (Lipinski definition) is 1. The number of nitrogen functional groups attached to an aromatic ring is 1. The van der Waals surface area contributed by atoms with Gasteiger partial charge in [0.1, 0.15) is 0 Å². The predicted octanol–water partition coefficient (Wildman–Crippen LogP) is 5.43. The molecule has 4 aromatic rings. The third-order valence-corrected chi connectivity index (χ3v) is 4.76. The number of halogens is 3. The SMILES string of the molecule is CCCc1cc(N)c2cc(-c3noc(Cc4ccc(C(F)(F)F)cc4)n3)ccc2n1. The second kappa shape index (κ2) is 7.78. The van der Waals surface area contributed by atoms with Gasteiger partial charge in [-0.1, -0.05) is 30.6 Å². The first-order chi connectivity index (χ1) is 14.3. The van der Waals surface area contributed by atoms with Gasteiger partial charge in [-0.25, -0.2) is 0 Å². The maximum Gasteiger partial charge on any atom is 0.416 e. The summed E-state index contributed by atoms with van der Waals surface area (Å²) < 4.78 is 43.3. The molecule has 2 aromatic heterocycles. The zero-order chi connectivity index (χ0) is 21.3. The lowest BCUT2D eigenvalue weighted by atomic mass is 10.1. The lowest BCUT2D eigenvalue weighted by Crippen LogP contribution is -2.04. The average molecular weight is 412 g/mol. The predicted molar refractivity (Wildman–Crippen MR) is 108 cm³/mol. The topological polar surface area (TPSA) is 77.8 Å². The van der Waals surface area contributed by atoms with Gasteiger partial charge in [-0.3, -0.25) is 4.98 Å². The maximum absolute atomic E-state index is 12.7. The highest BCUT2D eigenvalue weighted by molar-refractivity contribution is 5.93. The Bertz CT molecular complexity index is 1180. The highest BCUT2D eigenvalue weighted by Crippen LogP contribution is 2.30. The molecule has 0 unspecified atom stereocenters. The molecule has 4 rings (SSSR count). The third kappa shape index (κ3) is 4.12. The van der Waals surface area contributed by atoms with Crippen molar-refractivity contribution in [2.75, 3.05) is 5.73 Å². The fraction of sp³-hybridized carbons (Fsp3) is 0.227. The number of benzene rings is 2. The smallest absolute Gasteiger partial charge is 0.398 e. The molecule has 154 valence electrons. The number of nitrogens with zero attached hydrogens (tertiary/aromatic N) is 3. The largest absolute Gasteiger partial charge is 0.416 e. The number of pyridine rings is 1. The summed E-state index contributed by atoms with van der Waals surface area (Å²) in [4.78, 5) is 8.99. The van der Waals surface area contributed by atoms with E-state index in [4.69, 9.17) is 10.3 Å². The Balaban J connectivity index is 1.57. The second-order valence-corrected chi connectivity index (χ2v) is 7.07. The van der Waals surface area contributed by atoms with E-state index in [2.05, 4.69) is 22.0 Å². The van der Waals surface area contributed by atoms with E-state index in [-0.39, 0.29) is 6.42 Å². The Morgan fingerprint density at radius 1 is 1.00 bits per heavy atom. The quantitative estimate of drug-likeness (QED) is 0.473. The van der Waals surface area contributed by atoms with Gasteiger partial charge >= 0.3 is 6.18 Å². The minimum atomic E-state index is -4.36. The highest BCUT2D eigenvalue weighted by atomic mass is 19.4. The Kier molecular flexibility index (Phi) is 5.15. The zero-order valence-corrected chi connectivity index (χ0v) is 16.2. The molecule has 0 spiro atoms. The van der Waals surface area contributed by atoms with E-state index >= 15 is 0 Å². The molecule has 5 nitrogen and oxygen atoms in total. The molecule has 0 saturated carbocycles. The van der Waals surface area contributed by atoms with Crippen LogP contribution in [0.4, 0.5) is 18.9 Å². The minimum Gasteiger partial charge on any atom is -0.398 e. The standard InChI is InChI=1S/C22H19F3N4O/c1-2-3-16-12-18(26)17-11-14(6-9-19(17)27-16)21-28-20(30-29-21)10-13-4-7-15(8-5-13)22(23,24)25/h4-9,11-12H,2-3,10H2,1H3,(H2,26,27). The minimum absolute atomic E-state index is 0.239.